The zero-order valence-electron chi connectivity index (χ0n) is 14.5. The zero-order chi connectivity index (χ0) is 17.8. The normalized spacial score (nSPS) is 14.2. The van der Waals surface area contributed by atoms with Crippen LogP contribution in [-0.2, 0) is 6.54 Å². The Hall–Kier alpha value is -2.76. The van der Waals surface area contributed by atoms with E-state index in [9.17, 15) is 9.59 Å². The van der Waals surface area contributed by atoms with Crippen LogP contribution in [-0.4, -0.2) is 16.1 Å². The highest BCUT2D eigenvalue weighted by Crippen LogP contribution is 2.27. The summed E-state index contributed by atoms with van der Waals surface area (Å²) in [6.07, 6.45) is 6.36. The summed E-state index contributed by atoms with van der Waals surface area (Å²) >= 11 is 0. The number of hydrogen-bond donors (Lipinski definition) is 2. The van der Waals surface area contributed by atoms with Gasteiger partial charge in [-0.05, 0) is 38.2 Å². The monoisotopic (exact) mass is 340 g/mol. The van der Waals surface area contributed by atoms with E-state index in [1.165, 1.54) is 11.0 Å². The number of benzene rings is 1. The molecule has 1 aromatic carbocycles. The number of allylic oxidation sites excluding steroid dienone is 2. The Balaban J connectivity index is 2.07. The minimum Gasteiger partial charge on any atom is -0.383 e. The van der Waals surface area contributed by atoms with Crippen molar-refractivity contribution < 1.29 is 0 Å². The van der Waals surface area contributed by atoms with Gasteiger partial charge in [-0.15, -0.1) is 0 Å². The van der Waals surface area contributed by atoms with E-state index in [1.54, 1.807) is 0 Å². The molecule has 0 aliphatic heterocycles. The number of rotatable bonds is 5. The smallest absolute Gasteiger partial charge is 0.330 e. The van der Waals surface area contributed by atoms with Crippen LogP contribution >= 0.6 is 0 Å². The van der Waals surface area contributed by atoms with Gasteiger partial charge in [-0.2, -0.15) is 0 Å². The molecular formula is C19H24N4O2. The van der Waals surface area contributed by atoms with Crippen molar-refractivity contribution in [2.45, 2.75) is 39.2 Å². The molecule has 0 radical (unpaired) electrons. The average Bonchev–Trinajstić information content (AvgIpc) is 2.63. The molecule has 1 aliphatic carbocycles. The van der Waals surface area contributed by atoms with Crippen LogP contribution in [0.4, 0.5) is 11.5 Å². The molecule has 6 heteroatoms. The summed E-state index contributed by atoms with van der Waals surface area (Å²) in [6, 6.07) is 9.60. The summed E-state index contributed by atoms with van der Waals surface area (Å²) in [5.74, 6) is 0.214. The highest BCUT2D eigenvalue weighted by Gasteiger charge is 2.21. The van der Waals surface area contributed by atoms with E-state index in [4.69, 9.17) is 5.73 Å². The molecule has 6 nitrogen and oxygen atoms in total. The van der Waals surface area contributed by atoms with E-state index in [0.717, 1.165) is 30.5 Å². The largest absolute Gasteiger partial charge is 0.383 e. The maximum Gasteiger partial charge on any atom is 0.330 e. The van der Waals surface area contributed by atoms with Crippen molar-refractivity contribution >= 4 is 11.5 Å². The fourth-order valence-corrected chi connectivity index (χ4v) is 3.33. The lowest BCUT2D eigenvalue weighted by molar-refractivity contribution is 0.670. The summed E-state index contributed by atoms with van der Waals surface area (Å²) in [4.78, 5) is 29.2. The SMILES string of the molecule is CCN(C1=CCCCC1)c1c(N)n(Cc2ccccc2)c(=O)[nH]c1=O. The topological polar surface area (TPSA) is 84.1 Å². The van der Waals surface area contributed by atoms with Gasteiger partial charge in [0.2, 0.25) is 0 Å². The molecule has 0 bridgehead atoms. The summed E-state index contributed by atoms with van der Waals surface area (Å²) in [7, 11) is 0. The fourth-order valence-electron chi connectivity index (χ4n) is 3.33. The van der Waals surface area contributed by atoms with E-state index in [1.807, 2.05) is 42.2 Å². The number of nitrogens with zero attached hydrogens (tertiary/aromatic N) is 2. The van der Waals surface area contributed by atoms with Crippen molar-refractivity contribution in [3.8, 4) is 0 Å². The predicted molar refractivity (Wildman–Crippen MR) is 101 cm³/mol. The molecule has 0 saturated heterocycles. The summed E-state index contributed by atoms with van der Waals surface area (Å²) in [5, 5.41) is 0. The Morgan fingerprint density at radius 3 is 2.60 bits per heavy atom. The van der Waals surface area contributed by atoms with Crippen molar-refractivity contribution in [1.82, 2.24) is 9.55 Å². The molecular weight excluding hydrogens is 316 g/mol. The number of anilines is 2. The van der Waals surface area contributed by atoms with Gasteiger partial charge in [-0.25, -0.2) is 4.79 Å². The molecule has 0 amide bonds. The second-order valence-electron chi connectivity index (χ2n) is 6.25. The van der Waals surface area contributed by atoms with Crippen molar-refractivity contribution in [1.29, 1.82) is 0 Å². The van der Waals surface area contributed by atoms with Gasteiger partial charge in [0.1, 0.15) is 11.5 Å². The van der Waals surface area contributed by atoms with E-state index < -0.39 is 11.2 Å². The molecule has 1 aliphatic rings. The van der Waals surface area contributed by atoms with Crippen LogP contribution in [0.1, 0.15) is 38.2 Å². The quantitative estimate of drug-likeness (QED) is 0.876. The number of aromatic nitrogens is 2. The van der Waals surface area contributed by atoms with Gasteiger partial charge in [0, 0.05) is 12.2 Å². The van der Waals surface area contributed by atoms with Crippen LogP contribution in [0.15, 0.2) is 51.7 Å². The summed E-state index contributed by atoms with van der Waals surface area (Å²) in [5.41, 5.74) is 7.80. The van der Waals surface area contributed by atoms with Gasteiger partial charge < -0.3 is 10.6 Å². The van der Waals surface area contributed by atoms with Crippen LogP contribution in [0.5, 0.6) is 0 Å². The molecule has 0 atom stereocenters. The number of H-pyrrole nitrogens is 1. The maximum absolute atomic E-state index is 12.5. The molecule has 0 fully saturated rings. The standard InChI is InChI=1S/C19H24N4O2/c1-2-22(15-11-7-4-8-12-15)16-17(20)23(19(25)21-18(16)24)13-14-9-5-3-6-10-14/h3,5-6,9-11H,2,4,7-8,12-13,20H2,1H3,(H,21,24,25). The van der Waals surface area contributed by atoms with E-state index >= 15 is 0 Å². The molecule has 25 heavy (non-hydrogen) atoms. The minimum absolute atomic E-state index is 0.214. The number of hydrogen-bond acceptors (Lipinski definition) is 4. The van der Waals surface area contributed by atoms with E-state index in [2.05, 4.69) is 11.1 Å². The molecule has 3 rings (SSSR count). The van der Waals surface area contributed by atoms with Crippen LogP contribution < -0.4 is 21.9 Å². The van der Waals surface area contributed by atoms with Gasteiger partial charge in [0.05, 0.1) is 6.54 Å². The third kappa shape index (κ3) is 3.52. The Morgan fingerprint density at radius 1 is 1.20 bits per heavy atom. The van der Waals surface area contributed by atoms with E-state index in [0.29, 0.717) is 18.8 Å². The maximum atomic E-state index is 12.5. The first kappa shape index (κ1) is 17.1. The number of nitrogen functional groups attached to an aromatic ring is 1. The predicted octanol–water partition coefficient (Wildman–Crippen LogP) is 2.45. The number of nitrogens with one attached hydrogen (secondary N) is 1. The molecule has 2 aromatic rings. The first-order valence-electron chi connectivity index (χ1n) is 8.75. The van der Waals surface area contributed by atoms with Gasteiger partial charge in [0.25, 0.3) is 5.56 Å². The average molecular weight is 340 g/mol. The molecule has 0 saturated carbocycles. The van der Waals surface area contributed by atoms with Crippen molar-refractivity contribution in [3.63, 3.8) is 0 Å². The Bertz CT molecular complexity index is 881. The lowest BCUT2D eigenvalue weighted by Gasteiger charge is -2.29. The lowest BCUT2D eigenvalue weighted by atomic mass is 10.0. The van der Waals surface area contributed by atoms with E-state index in [-0.39, 0.29) is 5.82 Å². The molecule has 132 valence electrons. The highest BCUT2D eigenvalue weighted by molar-refractivity contribution is 5.65. The zero-order valence-corrected chi connectivity index (χ0v) is 14.5. The van der Waals surface area contributed by atoms with Gasteiger partial charge in [0.15, 0.2) is 0 Å². The van der Waals surface area contributed by atoms with Crippen LogP contribution in [0.2, 0.25) is 0 Å². The second-order valence-corrected chi connectivity index (χ2v) is 6.25. The summed E-state index contributed by atoms with van der Waals surface area (Å²) < 4.78 is 1.43. The second kappa shape index (κ2) is 7.42. The van der Waals surface area contributed by atoms with Crippen molar-refractivity contribution in [3.05, 3.63) is 68.5 Å². The highest BCUT2D eigenvalue weighted by atomic mass is 16.2. The fraction of sp³-hybridized carbons (Fsp3) is 0.368. The third-order valence-electron chi connectivity index (χ3n) is 4.60. The first-order valence-corrected chi connectivity index (χ1v) is 8.75. The third-order valence-corrected chi connectivity index (χ3v) is 4.60. The number of nitrogens with two attached hydrogens (primary N) is 1. The Kier molecular flexibility index (Phi) is 5.07. The van der Waals surface area contributed by atoms with Gasteiger partial charge >= 0.3 is 5.69 Å². The molecule has 1 aromatic heterocycles. The Morgan fingerprint density at radius 2 is 1.96 bits per heavy atom. The Labute approximate surface area is 146 Å². The summed E-state index contributed by atoms with van der Waals surface area (Å²) in [6.45, 7) is 2.94. The molecule has 0 spiro atoms. The van der Waals surface area contributed by atoms with Crippen molar-refractivity contribution in [2.75, 3.05) is 17.2 Å². The van der Waals surface area contributed by atoms with Crippen LogP contribution in [0, 0.1) is 0 Å². The molecule has 1 heterocycles. The lowest BCUT2D eigenvalue weighted by Crippen LogP contribution is -2.38. The van der Waals surface area contributed by atoms with Crippen LogP contribution in [0.3, 0.4) is 0 Å². The van der Waals surface area contributed by atoms with Crippen LogP contribution in [0.25, 0.3) is 0 Å². The van der Waals surface area contributed by atoms with Gasteiger partial charge in [-0.3, -0.25) is 14.3 Å². The van der Waals surface area contributed by atoms with Crippen molar-refractivity contribution in [2.24, 2.45) is 0 Å². The molecule has 0 unspecified atom stereocenters. The molecule has 3 N–H and O–H groups in total. The minimum atomic E-state index is -0.483. The number of aromatic amines is 1. The van der Waals surface area contributed by atoms with Gasteiger partial charge in [-0.1, -0.05) is 36.4 Å². The first-order chi connectivity index (χ1) is 12.1.